The second-order valence-corrected chi connectivity index (χ2v) is 7.80. The lowest BCUT2D eigenvalue weighted by atomic mass is 10.1. The number of carbonyl (C=O) groups excluding carboxylic acids is 2. The molecule has 0 spiro atoms. The summed E-state index contributed by atoms with van der Waals surface area (Å²) >= 11 is 2.59. The number of nitrogens with zero attached hydrogens (tertiary/aromatic N) is 3. The number of aryl methyl sites for hydroxylation is 1. The molecule has 8 heteroatoms. The van der Waals surface area contributed by atoms with Crippen molar-refractivity contribution in [3.63, 3.8) is 0 Å². The third kappa shape index (κ3) is 2.72. The quantitative estimate of drug-likeness (QED) is 0.863. The Balaban J connectivity index is 1.88. The van der Waals surface area contributed by atoms with E-state index in [0.717, 1.165) is 22.0 Å². The summed E-state index contributed by atoms with van der Waals surface area (Å²) in [6.45, 7) is 3.61. The van der Waals surface area contributed by atoms with Gasteiger partial charge in [-0.05, 0) is 25.5 Å². The molecule has 1 aromatic carbocycles. The minimum absolute atomic E-state index is 0.251. The molecular formula is C15H16N4O2S2. The molecule has 1 aliphatic heterocycles. The van der Waals surface area contributed by atoms with Gasteiger partial charge in [0, 0.05) is 11.9 Å². The van der Waals surface area contributed by atoms with Gasteiger partial charge in [0.25, 0.3) is 11.8 Å². The Bertz CT molecular complexity index is 776. The first-order chi connectivity index (χ1) is 11.0. The summed E-state index contributed by atoms with van der Waals surface area (Å²) in [5.74, 6) is -0.633. The first-order valence-electron chi connectivity index (χ1n) is 7.15. The van der Waals surface area contributed by atoms with Gasteiger partial charge in [-0.1, -0.05) is 42.2 Å². The molecule has 0 saturated carbocycles. The van der Waals surface area contributed by atoms with Crippen molar-refractivity contribution in [3.05, 3.63) is 29.3 Å². The third-order valence-electron chi connectivity index (χ3n) is 3.68. The van der Waals surface area contributed by atoms with E-state index < -0.39 is 4.75 Å². The largest absolute Gasteiger partial charge is 0.313 e. The Hall–Kier alpha value is -1.93. The summed E-state index contributed by atoms with van der Waals surface area (Å²) in [6, 6.07) is 7.55. The molecule has 1 atom stereocenters. The Labute approximate surface area is 142 Å². The van der Waals surface area contributed by atoms with Crippen molar-refractivity contribution in [1.29, 1.82) is 0 Å². The normalized spacial score (nSPS) is 20.3. The molecule has 2 amide bonds. The van der Waals surface area contributed by atoms with Crippen molar-refractivity contribution in [2.24, 2.45) is 0 Å². The summed E-state index contributed by atoms with van der Waals surface area (Å²) in [6.07, 6.45) is 0.759. The molecule has 23 heavy (non-hydrogen) atoms. The highest BCUT2D eigenvalue weighted by molar-refractivity contribution is 8.02. The summed E-state index contributed by atoms with van der Waals surface area (Å²) in [4.78, 5) is 27.9. The monoisotopic (exact) mass is 348 g/mol. The molecule has 0 radical (unpaired) electrons. The highest BCUT2D eigenvalue weighted by Gasteiger charge is 2.48. The molecule has 1 N–H and O–H groups in total. The highest BCUT2D eigenvalue weighted by Crippen LogP contribution is 2.45. The van der Waals surface area contributed by atoms with Crippen molar-refractivity contribution in [2.45, 2.75) is 29.9 Å². The van der Waals surface area contributed by atoms with Crippen LogP contribution in [0.3, 0.4) is 0 Å². The molecule has 2 aromatic rings. The van der Waals surface area contributed by atoms with E-state index in [9.17, 15) is 9.59 Å². The number of aromatic nitrogens is 2. The van der Waals surface area contributed by atoms with Gasteiger partial charge in [0.1, 0.15) is 5.01 Å². The molecule has 120 valence electrons. The van der Waals surface area contributed by atoms with Gasteiger partial charge in [-0.2, -0.15) is 0 Å². The van der Waals surface area contributed by atoms with Crippen molar-refractivity contribution in [3.8, 4) is 0 Å². The number of hydrogen-bond acceptors (Lipinski definition) is 6. The SMILES string of the molecule is CCc1nnc(NC(=O)C2(C)Sc3ccccc3N(C)C2=O)s1. The van der Waals surface area contributed by atoms with Gasteiger partial charge in [0.2, 0.25) is 5.13 Å². The zero-order valence-corrected chi connectivity index (χ0v) is 14.6. The second kappa shape index (κ2) is 5.93. The van der Waals surface area contributed by atoms with Crippen LogP contribution in [0.2, 0.25) is 0 Å². The average molecular weight is 348 g/mol. The molecule has 3 rings (SSSR count). The van der Waals surface area contributed by atoms with Crippen LogP contribution in [0, 0.1) is 0 Å². The number of para-hydroxylation sites is 1. The number of amides is 2. The van der Waals surface area contributed by atoms with Gasteiger partial charge in [0.05, 0.1) is 5.69 Å². The number of hydrogen-bond donors (Lipinski definition) is 1. The Kier molecular flexibility index (Phi) is 4.11. The predicted molar refractivity (Wildman–Crippen MR) is 92.0 cm³/mol. The molecule has 0 bridgehead atoms. The maximum Gasteiger partial charge on any atom is 0.252 e. The number of anilines is 2. The van der Waals surface area contributed by atoms with E-state index in [-0.39, 0.29) is 11.8 Å². The van der Waals surface area contributed by atoms with Gasteiger partial charge >= 0.3 is 0 Å². The number of benzene rings is 1. The van der Waals surface area contributed by atoms with Crippen LogP contribution in [0.1, 0.15) is 18.9 Å². The van der Waals surface area contributed by atoms with E-state index in [1.165, 1.54) is 28.0 Å². The average Bonchev–Trinajstić information content (AvgIpc) is 3.00. The van der Waals surface area contributed by atoms with Crippen molar-refractivity contribution in [1.82, 2.24) is 10.2 Å². The highest BCUT2D eigenvalue weighted by atomic mass is 32.2. The van der Waals surface area contributed by atoms with Crippen LogP contribution in [-0.4, -0.2) is 33.8 Å². The fraction of sp³-hybridized carbons (Fsp3) is 0.333. The van der Waals surface area contributed by atoms with Crippen LogP contribution in [0.15, 0.2) is 29.2 Å². The lowest BCUT2D eigenvalue weighted by Crippen LogP contribution is -2.53. The predicted octanol–water partition coefficient (Wildman–Crippen LogP) is 2.57. The Morgan fingerprint density at radius 3 is 2.78 bits per heavy atom. The van der Waals surface area contributed by atoms with Crippen LogP contribution in [0.4, 0.5) is 10.8 Å². The van der Waals surface area contributed by atoms with E-state index in [2.05, 4.69) is 15.5 Å². The van der Waals surface area contributed by atoms with E-state index in [1.54, 1.807) is 14.0 Å². The third-order valence-corrected chi connectivity index (χ3v) is 5.99. The lowest BCUT2D eigenvalue weighted by Gasteiger charge is -2.36. The van der Waals surface area contributed by atoms with E-state index >= 15 is 0 Å². The second-order valence-electron chi connectivity index (χ2n) is 5.28. The molecule has 2 heterocycles. The first kappa shape index (κ1) is 15.9. The number of rotatable bonds is 3. The first-order valence-corrected chi connectivity index (χ1v) is 8.79. The van der Waals surface area contributed by atoms with Gasteiger partial charge in [-0.25, -0.2) is 0 Å². The molecule has 0 fully saturated rings. The number of carbonyl (C=O) groups is 2. The van der Waals surface area contributed by atoms with Crippen LogP contribution in [0.5, 0.6) is 0 Å². The molecule has 6 nitrogen and oxygen atoms in total. The van der Waals surface area contributed by atoms with E-state index in [0.29, 0.717) is 5.13 Å². The molecule has 1 aromatic heterocycles. The fourth-order valence-electron chi connectivity index (χ4n) is 2.32. The topological polar surface area (TPSA) is 75.2 Å². The Morgan fingerprint density at radius 2 is 2.09 bits per heavy atom. The van der Waals surface area contributed by atoms with Crippen molar-refractivity contribution < 1.29 is 9.59 Å². The standard InChI is InChI=1S/C15H16N4O2S2/c1-4-11-17-18-14(22-11)16-12(20)15(2)13(21)19(3)9-7-5-6-8-10(9)23-15/h5-8H,4H2,1-3H3,(H,16,18,20). The zero-order chi connectivity index (χ0) is 16.6. The lowest BCUT2D eigenvalue weighted by molar-refractivity contribution is -0.128. The molecular weight excluding hydrogens is 332 g/mol. The Morgan fingerprint density at radius 1 is 1.35 bits per heavy atom. The number of fused-ring (bicyclic) bond motifs is 1. The van der Waals surface area contributed by atoms with Crippen LogP contribution < -0.4 is 10.2 Å². The zero-order valence-electron chi connectivity index (χ0n) is 13.0. The summed E-state index contributed by atoms with van der Waals surface area (Å²) < 4.78 is -1.23. The van der Waals surface area contributed by atoms with Crippen LogP contribution in [0.25, 0.3) is 0 Å². The van der Waals surface area contributed by atoms with Crippen LogP contribution in [-0.2, 0) is 16.0 Å². The molecule has 0 aliphatic carbocycles. The number of nitrogens with one attached hydrogen (secondary N) is 1. The van der Waals surface area contributed by atoms with Gasteiger partial charge < -0.3 is 4.90 Å². The van der Waals surface area contributed by atoms with Gasteiger partial charge in [-0.3, -0.25) is 14.9 Å². The van der Waals surface area contributed by atoms with Crippen molar-refractivity contribution >= 4 is 45.7 Å². The molecule has 0 saturated heterocycles. The van der Waals surface area contributed by atoms with Gasteiger partial charge in [0.15, 0.2) is 4.75 Å². The molecule has 1 unspecified atom stereocenters. The maximum absolute atomic E-state index is 12.7. The summed E-state index contributed by atoms with van der Waals surface area (Å²) in [5.41, 5.74) is 0.817. The van der Waals surface area contributed by atoms with E-state index in [4.69, 9.17) is 0 Å². The van der Waals surface area contributed by atoms with Crippen LogP contribution >= 0.6 is 23.1 Å². The maximum atomic E-state index is 12.7. The minimum Gasteiger partial charge on any atom is -0.313 e. The minimum atomic E-state index is -1.23. The number of thioether (sulfide) groups is 1. The smallest absolute Gasteiger partial charge is 0.252 e. The van der Waals surface area contributed by atoms with Gasteiger partial charge in [-0.15, -0.1) is 10.2 Å². The fourth-order valence-corrected chi connectivity index (χ4v) is 4.26. The van der Waals surface area contributed by atoms with Crippen molar-refractivity contribution in [2.75, 3.05) is 17.3 Å². The molecule has 1 aliphatic rings. The summed E-state index contributed by atoms with van der Waals surface area (Å²) in [7, 11) is 1.69. The summed E-state index contributed by atoms with van der Waals surface area (Å²) in [5, 5.41) is 11.9. The van der Waals surface area contributed by atoms with E-state index in [1.807, 2.05) is 31.2 Å².